The maximum atomic E-state index is 14.9. The van der Waals surface area contributed by atoms with Gasteiger partial charge < -0.3 is 14.9 Å². The zero-order chi connectivity index (χ0) is 31.7. The molecule has 2 atom stereocenters. The average Bonchev–Trinajstić information content (AvgIpc) is 3.47. The molecule has 2 aliphatic heterocycles. The second kappa shape index (κ2) is 12.4. The monoisotopic (exact) mass is 628 g/mol. The SMILES string of the molecule is C=C(/C(F)=C\C=C(/C)F)[C@@H]1CS(=O)(=O)CCN1C(=O)N1CC[C@@](O)(Cn2cnc(-c3ccccc3)cc2=O)C2(CCCC2)C1. The minimum atomic E-state index is -3.57. The van der Waals surface area contributed by atoms with Crippen molar-refractivity contribution in [2.45, 2.75) is 57.2 Å². The van der Waals surface area contributed by atoms with Crippen molar-refractivity contribution in [2.75, 3.05) is 31.1 Å². The molecule has 236 valence electrons. The summed E-state index contributed by atoms with van der Waals surface area (Å²) in [6, 6.07) is 9.18. The molecule has 3 fully saturated rings. The Labute approximate surface area is 256 Å². The molecule has 5 rings (SSSR count). The van der Waals surface area contributed by atoms with Gasteiger partial charge in [0, 0.05) is 42.3 Å². The van der Waals surface area contributed by atoms with Crippen molar-refractivity contribution in [3.63, 3.8) is 0 Å². The predicted octanol–water partition coefficient (Wildman–Crippen LogP) is 4.41. The topological polar surface area (TPSA) is 113 Å². The van der Waals surface area contributed by atoms with Crippen LogP contribution in [0, 0.1) is 5.41 Å². The Bertz CT molecular complexity index is 1650. The fourth-order valence-electron chi connectivity index (χ4n) is 6.82. The number of allylic oxidation sites excluding steroid dienone is 3. The van der Waals surface area contributed by atoms with Gasteiger partial charge in [0.25, 0.3) is 5.56 Å². The predicted molar refractivity (Wildman–Crippen MR) is 164 cm³/mol. The van der Waals surface area contributed by atoms with Crippen molar-refractivity contribution in [1.29, 1.82) is 0 Å². The van der Waals surface area contributed by atoms with Gasteiger partial charge in [-0.15, -0.1) is 0 Å². The van der Waals surface area contributed by atoms with Crippen LogP contribution in [0.3, 0.4) is 0 Å². The van der Waals surface area contributed by atoms with E-state index in [1.54, 1.807) is 4.90 Å². The Morgan fingerprint density at radius 2 is 1.84 bits per heavy atom. The Balaban J connectivity index is 1.38. The van der Waals surface area contributed by atoms with E-state index in [0.717, 1.165) is 37.5 Å². The highest BCUT2D eigenvalue weighted by Gasteiger charge is 2.56. The number of carbonyl (C=O) groups is 1. The van der Waals surface area contributed by atoms with Gasteiger partial charge in [0.15, 0.2) is 9.84 Å². The van der Waals surface area contributed by atoms with Crippen LogP contribution in [0.25, 0.3) is 11.3 Å². The number of sulfone groups is 1. The van der Waals surface area contributed by atoms with Gasteiger partial charge in [-0.25, -0.2) is 27.0 Å². The molecule has 0 radical (unpaired) electrons. The number of benzene rings is 1. The molecule has 3 aliphatic rings. The number of urea groups is 1. The summed E-state index contributed by atoms with van der Waals surface area (Å²) >= 11 is 0. The van der Waals surface area contributed by atoms with Gasteiger partial charge in [-0.3, -0.25) is 9.36 Å². The number of aliphatic hydroxyl groups is 1. The standard InChI is InChI=1S/C32H38F2N4O5S/c1-23(33)10-11-26(34)24(2)28-19-44(42,43)17-16-38(28)30(40)36-15-14-32(41,31(20-36)12-6-7-13-31)21-37-22-35-27(18-29(37)39)25-8-4-3-5-9-25/h3-5,8-11,18,22,28,41H,2,6-7,12-17,19-21H2,1H3/b23-10+,26-11+/t28-,32+/m0/s1. The smallest absolute Gasteiger partial charge is 0.320 e. The first kappa shape index (κ1) is 31.8. The lowest BCUT2D eigenvalue weighted by molar-refractivity contribution is -0.136. The normalized spacial score (nSPS) is 25.3. The van der Waals surface area contributed by atoms with Gasteiger partial charge in [-0.05, 0) is 38.3 Å². The van der Waals surface area contributed by atoms with Crippen molar-refractivity contribution in [1.82, 2.24) is 19.4 Å². The van der Waals surface area contributed by atoms with Gasteiger partial charge >= 0.3 is 6.03 Å². The molecular formula is C32H38F2N4O5S. The molecule has 0 bridgehead atoms. The van der Waals surface area contributed by atoms with Crippen LogP contribution in [0.2, 0.25) is 0 Å². The molecule has 1 aromatic heterocycles. The highest BCUT2D eigenvalue weighted by atomic mass is 32.2. The second-order valence-corrected chi connectivity index (χ2v) is 14.4. The molecule has 3 heterocycles. The molecule has 1 N–H and O–H groups in total. The Kier molecular flexibility index (Phi) is 8.95. The van der Waals surface area contributed by atoms with E-state index in [1.165, 1.54) is 21.9 Å². The van der Waals surface area contributed by atoms with E-state index < -0.39 is 50.3 Å². The number of hydrogen-bond acceptors (Lipinski definition) is 6. The highest BCUT2D eigenvalue weighted by Crippen LogP contribution is 2.51. The van der Waals surface area contributed by atoms with Crippen LogP contribution in [-0.2, 0) is 16.4 Å². The molecule has 9 nitrogen and oxygen atoms in total. The summed E-state index contributed by atoms with van der Waals surface area (Å²) in [6.45, 7) is 5.12. The third kappa shape index (κ3) is 6.41. The van der Waals surface area contributed by atoms with E-state index >= 15 is 0 Å². The number of nitrogens with zero attached hydrogens (tertiary/aromatic N) is 4. The molecule has 12 heteroatoms. The number of carbonyl (C=O) groups excluding carboxylic acids is 1. The quantitative estimate of drug-likeness (QED) is 0.475. The molecular weight excluding hydrogens is 590 g/mol. The molecule has 0 unspecified atom stereocenters. The van der Waals surface area contributed by atoms with Crippen LogP contribution in [0.15, 0.2) is 83.5 Å². The van der Waals surface area contributed by atoms with Crippen molar-refractivity contribution in [3.8, 4) is 11.3 Å². The average molecular weight is 629 g/mol. The first-order valence-corrected chi connectivity index (χ1v) is 16.6. The molecule has 1 aliphatic carbocycles. The van der Waals surface area contributed by atoms with Crippen LogP contribution < -0.4 is 5.56 Å². The summed E-state index contributed by atoms with van der Waals surface area (Å²) in [5.74, 6) is -2.30. The summed E-state index contributed by atoms with van der Waals surface area (Å²) in [5, 5.41) is 12.2. The number of rotatable bonds is 6. The fourth-order valence-corrected chi connectivity index (χ4v) is 8.32. The van der Waals surface area contributed by atoms with Crippen molar-refractivity contribution in [3.05, 3.63) is 89.0 Å². The zero-order valence-electron chi connectivity index (χ0n) is 24.8. The summed E-state index contributed by atoms with van der Waals surface area (Å²) < 4.78 is 54.6. The summed E-state index contributed by atoms with van der Waals surface area (Å²) in [6.07, 6.45) is 6.43. The van der Waals surface area contributed by atoms with Crippen molar-refractivity contribution < 1.29 is 27.1 Å². The minimum Gasteiger partial charge on any atom is -0.387 e. The van der Waals surface area contributed by atoms with Gasteiger partial charge in [-0.2, -0.15) is 0 Å². The van der Waals surface area contributed by atoms with Gasteiger partial charge in [0.05, 0.1) is 47.5 Å². The molecule has 2 saturated heterocycles. The van der Waals surface area contributed by atoms with Crippen LogP contribution in [0.5, 0.6) is 0 Å². The van der Waals surface area contributed by atoms with E-state index in [0.29, 0.717) is 18.5 Å². The van der Waals surface area contributed by atoms with Crippen molar-refractivity contribution in [2.24, 2.45) is 5.41 Å². The maximum Gasteiger partial charge on any atom is 0.320 e. The Morgan fingerprint density at radius 3 is 2.50 bits per heavy atom. The summed E-state index contributed by atoms with van der Waals surface area (Å²) in [4.78, 5) is 34.5. The lowest BCUT2D eigenvalue weighted by Crippen LogP contribution is -2.65. The molecule has 1 spiro atoms. The third-order valence-electron chi connectivity index (χ3n) is 9.33. The van der Waals surface area contributed by atoms with Crippen LogP contribution >= 0.6 is 0 Å². The first-order chi connectivity index (χ1) is 20.8. The number of halogens is 2. The van der Waals surface area contributed by atoms with Crippen molar-refractivity contribution >= 4 is 15.9 Å². The maximum absolute atomic E-state index is 14.9. The summed E-state index contributed by atoms with van der Waals surface area (Å²) in [7, 11) is -3.57. The Morgan fingerprint density at radius 1 is 1.14 bits per heavy atom. The van der Waals surface area contributed by atoms with Gasteiger partial charge in [-0.1, -0.05) is 49.8 Å². The molecule has 44 heavy (non-hydrogen) atoms. The van der Waals surface area contributed by atoms with Gasteiger partial charge in [0.2, 0.25) is 0 Å². The minimum absolute atomic E-state index is 0.0227. The van der Waals surface area contributed by atoms with E-state index in [9.17, 15) is 31.9 Å². The van der Waals surface area contributed by atoms with E-state index in [2.05, 4.69) is 11.6 Å². The van der Waals surface area contributed by atoms with E-state index in [4.69, 9.17) is 0 Å². The van der Waals surface area contributed by atoms with Crippen LogP contribution in [0.4, 0.5) is 13.6 Å². The van der Waals surface area contributed by atoms with E-state index in [-0.39, 0.29) is 49.5 Å². The fraction of sp³-hybridized carbons (Fsp3) is 0.469. The lowest BCUT2D eigenvalue weighted by atomic mass is 9.66. The number of piperidine rings is 1. The highest BCUT2D eigenvalue weighted by molar-refractivity contribution is 7.91. The molecule has 2 amide bonds. The van der Waals surface area contributed by atoms with Gasteiger partial charge in [0.1, 0.15) is 5.83 Å². The zero-order valence-corrected chi connectivity index (χ0v) is 25.6. The lowest BCUT2D eigenvalue weighted by Gasteiger charge is -2.53. The summed E-state index contributed by atoms with van der Waals surface area (Å²) in [5.41, 5.74) is -1.14. The largest absolute Gasteiger partial charge is 0.387 e. The molecule has 2 aromatic rings. The van der Waals surface area contributed by atoms with Crippen LogP contribution in [0.1, 0.15) is 39.0 Å². The van der Waals surface area contributed by atoms with Crippen LogP contribution in [-0.4, -0.2) is 81.7 Å². The third-order valence-corrected chi connectivity index (χ3v) is 11.0. The second-order valence-electron chi connectivity index (χ2n) is 12.2. The number of amides is 2. The number of hydrogen-bond donors (Lipinski definition) is 1. The molecule has 1 aromatic carbocycles. The Hall–Kier alpha value is -3.64. The van der Waals surface area contributed by atoms with E-state index in [1.807, 2.05) is 30.3 Å². The number of likely N-dealkylation sites (tertiary alicyclic amines) is 1. The first-order valence-electron chi connectivity index (χ1n) is 14.8. The number of aromatic nitrogens is 2. The molecule has 1 saturated carbocycles.